The van der Waals surface area contributed by atoms with Crippen LogP contribution in [0.4, 0.5) is 5.69 Å². The van der Waals surface area contributed by atoms with Crippen molar-refractivity contribution >= 4 is 28.4 Å². The SMILES string of the molecule is CC(=O)Nc1ccc(-c2cc(C(=O)NCc3ccc4c(c3)OCO4)c3cc(C)ccc3n2)cc1. The molecular formula is C27H23N3O4. The second-order valence-electron chi connectivity index (χ2n) is 8.20. The van der Waals surface area contributed by atoms with Crippen LogP contribution in [0, 0.1) is 6.92 Å². The minimum Gasteiger partial charge on any atom is -0.454 e. The van der Waals surface area contributed by atoms with Crippen molar-refractivity contribution in [3.63, 3.8) is 0 Å². The number of benzene rings is 3. The molecule has 170 valence electrons. The van der Waals surface area contributed by atoms with E-state index < -0.39 is 0 Å². The van der Waals surface area contributed by atoms with Gasteiger partial charge in [-0.1, -0.05) is 29.8 Å². The van der Waals surface area contributed by atoms with Crippen molar-refractivity contribution in [3.05, 3.63) is 83.4 Å². The van der Waals surface area contributed by atoms with Crippen LogP contribution in [0.3, 0.4) is 0 Å². The summed E-state index contributed by atoms with van der Waals surface area (Å²) in [5, 5.41) is 6.57. The van der Waals surface area contributed by atoms with E-state index in [9.17, 15) is 9.59 Å². The van der Waals surface area contributed by atoms with E-state index in [1.54, 1.807) is 0 Å². The van der Waals surface area contributed by atoms with Gasteiger partial charge < -0.3 is 20.1 Å². The molecule has 0 saturated carbocycles. The van der Waals surface area contributed by atoms with Gasteiger partial charge in [0, 0.05) is 30.1 Å². The molecule has 2 amide bonds. The van der Waals surface area contributed by atoms with Gasteiger partial charge in [-0.05, 0) is 55.0 Å². The Morgan fingerprint density at radius 3 is 2.53 bits per heavy atom. The van der Waals surface area contributed by atoms with Crippen molar-refractivity contribution in [2.75, 3.05) is 12.1 Å². The van der Waals surface area contributed by atoms with Crippen molar-refractivity contribution in [2.45, 2.75) is 20.4 Å². The summed E-state index contributed by atoms with van der Waals surface area (Å²) in [6, 6.07) is 20.7. The molecule has 1 aliphatic rings. The number of nitrogens with zero attached hydrogens (tertiary/aromatic N) is 1. The summed E-state index contributed by atoms with van der Waals surface area (Å²) in [6.45, 7) is 4.02. The number of fused-ring (bicyclic) bond motifs is 2. The summed E-state index contributed by atoms with van der Waals surface area (Å²) in [5.74, 6) is 1.07. The lowest BCUT2D eigenvalue weighted by atomic mass is 10.0. The molecule has 3 aromatic carbocycles. The number of aryl methyl sites for hydroxylation is 1. The number of hydrogen-bond donors (Lipinski definition) is 2. The third-order valence-corrected chi connectivity index (χ3v) is 5.60. The fraction of sp³-hybridized carbons (Fsp3) is 0.148. The number of aromatic nitrogens is 1. The molecule has 0 unspecified atom stereocenters. The maximum absolute atomic E-state index is 13.3. The number of amides is 2. The first-order valence-corrected chi connectivity index (χ1v) is 10.9. The third-order valence-electron chi connectivity index (χ3n) is 5.60. The highest BCUT2D eigenvalue weighted by Crippen LogP contribution is 2.32. The largest absolute Gasteiger partial charge is 0.454 e. The second kappa shape index (κ2) is 8.86. The maximum Gasteiger partial charge on any atom is 0.252 e. The summed E-state index contributed by atoms with van der Waals surface area (Å²) >= 11 is 0. The smallest absolute Gasteiger partial charge is 0.252 e. The minimum absolute atomic E-state index is 0.131. The van der Waals surface area contributed by atoms with Crippen molar-refractivity contribution in [1.82, 2.24) is 10.3 Å². The van der Waals surface area contributed by atoms with E-state index in [-0.39, 0.29) is 18.6 Å². The predicted octanol–water partition coefficient (Wildman–Crippen LogP) is 4.83. The fourth-order valence-corrected chi connectivity index (χ4v) is 3.93. The van der Waals surface area contributed by atoms with Gasteiger partial charge in [0.15, 0.2) is 11.5 Å². The molecular weight excluding hydrogens is 430 g/mol. The molecule has 0 radical (unpaired) electrons. The quantitative estimate of drug-likeness (QED) is 0.452. The van der Waals surface area contributed by atoms with Crippen molar-refractivity contribution in [1.29, 1.82) is 0 Å². The molecule has 34 heavy (non-hydrogen) atoms. The van der Waals surface area contributed by atoms with Crippen LogP contribution in [-0.4, -0.2) is 23.6 Å². The molecule has 2 heterocycles. The Morgan fingerprint density at radius 2 is 1.74 bits per heavy atom. The predicted molar refractivity (Wildman–Crippen MR) is 130 cm³/mol. The van der Waals surface area contributed by atoms with Crippen LogP contribution in [0.1, 0.15) is 28.4 Å². The molecule has 7 nitrogen and oxygen atoms in total. The highest BCUT2D eigenvalue weighted by Gasteiger charge is 2.16. The lowest BCUT2D eigenvalue weighted by Gasteiger charge is -2.12. The van der Waals surface area contributed by atoms with E-state index in [4.69, 9.17) is 14.5 Å². The summed E-state index contributed by atoms with van der Waals surface area (Å²) in [5.41, 5.74) is 5.49. The number of carbonyl (C=O) groups is 2. The van der Waals surface area contributed by atoms with Crippen LogP contribution >= 0.6 is 0 Å². The van der Waals surface area contributed by atoms with E-state index >= 15 is 0 Å². The van der Waals surface area contributed by atoms with E-state index in [0.717, 1.165) is 27.6 Å². The normalized spacial score (nSPS) is 11.9. The number of nitrogens with one attached hydrogen (secondary N) is 2. The van der Waals surface area contributed by atoms with Gasteiger partial charge in [-0.25, -0.2) is 4.98 Å². The summed E-state index contributed by atoms with van der Waals surface area (Å²) in [6.07, 6.45) is 0. The molecule has 0 bridgehead atoms. The Hall–Kier alpha value is -4.39. The van der Waals surface area contributed by atoms with Gasteiger partial charge in [0.1, 0.15) is 0 Å². The zero-order valence-corrected chi connectivity index (χ0v) is 18.8. The van der Waals surface area contributed by atoms with E-state index in [1.807, 2.05) is 73.7 Å². The highest BCUT2D eigenvalue weighted by atomic mass is 16.7. The monoisotopic (exact) mass is 453 g/mol. The van der Waals surface area contributed by atoms with Crippen molar-refractivity contribution in [3.8, 4) is 22.8 Å². The Morgan fingerprint density at radius 1 is 0.941 bits per heavy atom. The molecule has 0 fully saturated rings. The van der Waals surface area contributed by atoms with Gasteiger partial charge in [-0.3, -0.25) is 9.59 Å². The summed E-state index contributed by atoms with van der Waals surface area (Å²) in [4.78, 5) is 29.4. The molecule has 0 spiro atoms. The van der Waals surface area contributed by atoms with Crippen LogP contribution in [0.25, 0.3) is 22.2 Å². The second-order valence-corrected chi connectivity index (χ2v) is 8.20. The van der Waals surface area contributed by atoms with E-state index in [2.05, 4.69) is 10.6 Å². The van der Waals surface area contributed by atoms with Gasteiger partial charge in [-0.15, -0.1) is 0 Å². The molecule has 2 N–H and O–H groups in total. The van der Waals surface area contributed by atoms with Crippen LogP contribution in [0.2, 0.25) is 0 Å². The van der Waals surface area contributed by atoms with Crippen molar-refractivity contribution in [2.24, 2.45) is 0 Å². The first-order valence-electron chi connectivity index (χ1n) is 10.9. The Labute approximate surface area is 196 Å². The minimum atomic E-state index is -0.188. The van der Waals surface area contributed by atoms with Crippen LogP contribution < -0.4 is 20.1 Å². The molecule has 7 heteroatoms. The van der Waals surface area contributed by atoms with Gasteiger partial charge in [0.2, 0.25) is 12.7 Å². The standard InChI is InChI=1S/C27H23N3O4/c1-16-3-9-23-21(11-16)22(13-24(30-23)19-5-7-20(8-6-19)29-17(2)31)27(32)28-14-18-4-10-25-26(12-18)34-15-33-25/h3-13H,14-15H2,1-2H3,(H,28,32)(H,29,31). The lowest BCUT2D eigenvalue weighted by Crippen LogP contribution is -2.23. The van der Waals surface area contributed by atoms with E-state index in [1.165, 1.54) is 6.92 Å². The van der Waals surface area contributed by atoms with Crippen LogP contribution in [0.5, 0.6) is 11.5 Å². The molecule has 1 aliphatic heterocycles. The van der Waals surface area contributed by atoms with Crippen molar-refractivity contribution < 1.29 is 19.1 Å². The zero-order chi connectivity index (χ0) is 23.7. The number of ether oxygens (including phenoxy) is 2. The zero-order valence-electron chi connectivity index (χ0n) is 18.8. The number of anilines is 1. The molecule has 0 aliphatic carbocycles. The first kappa shape index (κ1) is 21.5. The number of pyridine rings is 1. The number of hydrogen-bond acceptors (Lipinski definition) is 5. The fourth-order valence-electron chi connectivity index (χ4n) is 3.93. The first-order chi connectivity index (χ1) is 16.5. The van der Waals surface area contributed by atoms with Gasteiger partial charge in [0.05, 0.1) is 16.8 Å². The lowest BCUT2D eigenvalue weighted by molar-refractivity contribution is -0.114. The number of rotatable bonds is 5. The van der Waals surface area contributed by atoms with E-state index in [0.29, 0.717) is 35.0 Å². The molecule has 1 aromatic heterocycles. The van der Waals surface area contributed by atoms with Gasteiger partial charge >= 0.3 is 0 Å². The maximum atomic E-state index is 13.3. The Bertz CT molecular complexity index is 1410. The topological polar surface area (TPSA) is 89.6 Å². The Kier molecular flexibility index (Phi) is 5.59. The average Bonchev–Trinajstić information content (AvgIpc) is 3.30. The van der Waals surface area contributed by atoms with Gasteiger partial charge in [0.25, 0.3) is 5.91 Å². The molecule has 0 saturated heterocycles. The third kappa shape index (κ3) is 4.41. The number of carbonyl (C=O) groups excluding carboxylic acids is 2. The average molecular weight is 453 g/mol. The van der Waals surface area contributed by atoms with Crippen LogP contribution in [-0.2, 0) is 11.3 Å². The Balaban J connectivity index is 1.45. The molecule has 5 rings (SSSR count). The van der Waals surface area contributed by atoms with Crippen LogP contribution in [0.15, 0.2) is 66.7 Å². The molecule has 4 aromatic rings. The highest BCUT2D eigenvalue weighted by molar-refractivity contribution is 6.07. The molecule has 0 atom stereocenters. The van der Waals surface area contributed by atoms with Gasteiger partial charge in [-0.2, -0.15) is 0 Å². The summed E-state index contributed by atoms with van der Waals surface area (Å²) < 4.78 is 10.8. The summed E-state index contributed by atoms with van der Waals surface area (Å²) in [7, 11) is 0.